The van der Waals surface area contributed by atoms with Crippen LogP contribution in [0.15, 0.2) is 0 Å². The minimum absolute atomic E-state index is 0.524. The van der Waals surface area contributed by atoms with Crippen molar-refractivity contribution in [3.8, 4) is 0 Å². The van der Waals surface area contributed by atoms with E-state index in [4.69, 9.17) is 15.3 Å². The number of hydrogen-bond donors (Lipinski definition) is 3. The van der Waals surface area contributed by atoms with Gasteiger partial charge in [0.15, 0.2) is 0 Å². The van der Waals surface area contributed by atoms with Crippen molar-refractivity contribution in [2.24, 2.45) is 17.8 Å². The zero-order valence-corrected chi connectivity index (χ0v) is 37.1. The number of aliphatic hydroxyl groups is 3. The summed E-state index contributed by atoms with van der Waals surface area (Å²) in [7, 11) is 0. The van der Waals surface area contributed by atoms with Gasteiger partial charge in [0.25, 0.3) is 0 Å². The molecule has 0 bridgehead atoms. The van der Waals surface area contributed by atoms with Gasteiger partial charge in [-0.05, 0) is 37.0 Å². The fraction of sp³-hybridized carbons (Fsp3) is 0.921. The molecule has 0 aromatic rings. The molecule has 284 valence electrons. The Balaban J connectivity index is -0.000000271. The Morgan fingerprint density at radius 3 is 0.896 bits per heavy atom. The Morgan fingerprint density at radius 2 is 0.667 bits per heavy atom. The SMILES string of the molecule is CC(C)CCCCCC(O)C(=O)[S-].CC(C)CCCCCC(O)C(=O)[S-].CC(C)CCCCCC(O)C(=O)[S-].CCCCCCC[CH2][Sn+3]. The van der Waals surface area contributed by atoms with Gasteiger partial charge in [0, 0.05) is 15.3 Å². The number of aliphatic hydroxyl groups excluding tert-OH is 3. The molecule has 0 rings (SSSR count). The molecule has 0 aliphatic carbocycles. The monoisotopic (exact) mass is 842 g/mol. The Hall–Kier alpha value is 0.349. The molecule has 0 aromatic carbocycles. The first-order valence-electron chi connectivity index (χ1n) is 18.8. The number of carbonyl (C=O) groups excluding carboxylic acids is 3. The van der Waals surface area contributed by atoms with Crippen molar-refractivity contribution < 1.29 is 29.7 Å². The summed E-state index contributed by atoms with van der Waals surface area (Å²) in [5.74, 6) is 2.22. The van der Waals surface area contributed by atoms with Gasteiger partial charge in [-0.25, -0.2) is 0 Å². The molecule has 0 spiro atoms. The van der Waals surface area contributed by atoms with Gasteiger partial charge in [0.05, 0.1) is 18.3 Å². The van der Waals surface area contributed by atoms with Crippen LogP contribution in [0.25, 0.3) is 0 Å². The zero-order valence-electron chi connectivity index (χ0n) is 31.8. The molecular formula is C38H74O6S3Sn. The average Bonchev–Trinajstić information content (AvgIpc) is 3.00. The van der Waals surface area contributed by atoms with E-state index >= 15 is 0 Å². The van der Waals surface area contributed by atoms with Gasteiger partial charge < -0.3 is 67.6 Å². The maximum atomic E-state index is 10.5. The quantitative estimate of drug-likeness (QED) is 0.0424. The second-order valence-electron chi connectivity index (χ2n) is 14.1. The third-order valence-corrected chi connectivity index (χ3v) is 9.45. The molecular weight excluding hydrogens is 767 g/mol. The average molecular weight is 842 g/mol. The second-order valence-corrected chi connectivity index (χ2v) is 16.8. The van der Waals surface area contributed by atoms with Crippen LogP contribution in [0.5, 0.6) is 0 Å². The molecule has 0 heterocycles. The molecule has 0 amide bonds. The summed E-state index contributed by atoms with van der Waals surface area (Å²) in [5.41, 5.74) is 0. The van der Waals surface area contributed by atoms with E-state index in [-0.39, 0.29) is 0 Å². The number of carbonyl (C=O) groups is 3. The summed E-state index contributed by atoms with van der Waals surface area (Å²) in [5, 5.41) is 25.7. The van der Waals surface area contributed by atoms with Crippen LogP contribution in [-0.4, -0.2) is 71.5 Å². The topological polar surface area (TPSA) is 112 Å². The molecule has 3 atom stereocenters. The first-order chi connectivity index (χ1) is 22.5. The van der Waals surface area contributed by atoms with E-state index in [2.05, 4.69) is 86.4 Å². The number of hydrogen-bond acceptors (Lipinski definition) is 9. The maximum absolute atomic E-state index is 10.5. The van der Waals surface area contributed by atoms with E-state index in [9.17, 15) is 14.4 Å². The third kappa shape index (κ3) is 53.1. The van der Waals surface area contributed by atoms with Crippen LogP contribution in [0.4, 0.5) is 0 Å². The van der Waals surface area contributed by atoms with Crippen molar-refractivity contribution in [3.63, 3.8) is 0 Å². The van der Waals surface area contributed by atoms with Crippen molar-refractivity contribution in [1.82, 2.24) is 0 Å². The Bertz CT molecular complexity index is 623. The van der Waals surface area contributed by atoms with Gasteiger partial charge >= 0.3 is 72.4 Å². The molecule has 0 saturated carbocycles. The normalized spacial score (nSPS) is 12.6. The molecule has 10 heteroatoms. The fourth-order valence-electron chi connectivity index (χ4n) is 4.46. The zero-order chi connectivity index (χ0) is 37.8. The standard InChI is InChI=1S/3C10H20O2S.C8H17.Sn/c3*1-8(2)6-4-3-5-7-9(11)10(12)13;1-3-5-7-8-6-4-2;/h3*8-9,11H,3-7H2,1-2H3,(H,12,13);1,3-8H2,2H3;/q;;;;+3/p-3. The molecule has 0 aromatic heterocycles. The number of rotatable bonds is 27. The molecule has 0 aliphatic rings. The van der Waals surface area contributed by atoms with E-state index < -0.39 is 33.7 Å². The van der Waals surface area contributed by atoms with Gasteiger partial charge in [-0.1, -0.05) is 119 Å². The van der Waals surface area contributed by atoms with Gasteiger partial charge in [-0.2, -0.15) is 0 Å². The summed E-state index contributed by atoms with van der Waals surface area (Å²) in [4.78, 5) is 31.4. The van der Waals surface area contributed by atoms with Gasteiger partial charge in [-0.15, -0.1) is 0 Å². The number of unbranched alkanes of at least 4 members (excludes halogenated alkanes) is 11. The molecule has 0 radical (unpaired) electrons. The molecule has 0 fully saturated rings. The van der Waals surface area contributed by atoms with Gasteiger partial charge in [0.1, 0.15) is 0 Å². The van der Waals surface area contributed by atoms with Crippen LogP contribution < -0.4 is 0 Å². The molecule has 3 unspecified atom stereocenters. The van der Waals surface area contributed by atoms with Crippen LogP contribution in [0.1, 0.15) is 183 Å². The fourth-order valence-corrected chi connectivity index (χ4v) is 5.53. The van der Waals surface area contributed by atoms with E-state index in [0.29, 0.717) is 19.3 Å². The van der Waals surface area contributed by atoms with Gasteiger partial charge in [0.2, 0.25) is 0 Å². The summed E-state index contributed by atoms with van der Waals surface area (Å²) in [6.07, 6.45) is 20.7. The first-order valence-corrected chi connectivity index (χ1v) is 22.1. The Labute approximate surface area is 327 Å². The van der Waals surface area contributed by atoms with Crippen LogP contribution >= 0.6 is 0 Å². The van der Waals surface area contributed by atoms with Crippen molar-refractivity contribution in [1.29, 1.82) is 0 Å². The van der Waals surface area contributed by atoms with Crippen molar-refractivity contribution >= 4 is 75.8 Å². The van der Waals surface area contributed by atoms with Crippen molar-refractivity contribution in [2.75, 3.05) is 0 Å². The summed E-state index contributed by atoms with van der Waals surface area (Å²) in [6.45, 7) is 15.4. The first kappa shape index (κ1) is 55.1. The summed E-state index contributed by atoms with van der Waals surface area (Å²) >= 11 is 14.7. The van der Waals surface area contributed by atoms with Crippen LogP contribution in [0.2, 0.25) is 4.44 Å². The second kappa shape index (κ2) is 41.8. The predicted octanol–water partition coefficient (Wildman–Crippen LogP) is 9.02. The van der Waals surface area contributed by atoms with Crippen LogP contribution in [0.3, 0.4) is 0 Å². The molecule has 0 saturated heterocycles. The predicted molar refractivity (Wildman–Crippen MR) is 213 cm³/mol. The van der Waals surface area contributed by atoms with Crippen LogP contribution in [0, 0.1) is 17.8 Å². The molecule has 0 aliphatic heterocycles. The van der Waals surface area contributed by atoms with E-state index in [1.807, 2.05) is 0 Å². The van der Waals surface area contributed by atoms with E-state index in [1.165, 1.54) is 81.5 Å². The van der Waals surface area contributed by atoms with E-state index in [0.717, 1.165) is 56.3 Å². The Kier molecular flexibility index (Phi) is 48.0. The van der Waals surface area contributed by atoms with Crippen molar-refractivity contribution in [2.45, 2.75) is 206 Å². The third-order valence-electron chi connectivity index (χ3n) is 7.62. The molecule has 48 heavy (non-hydrogen) atoms. The van der Waals surface area contributed by atoms with E-state index in [1.54, 1.807) is 22.5 Å². The Morgan fingerprint density at radius 1 is 0.438 bits per heavy atom. The summed E-state index contributed by atoms with van der Waals surface area (Å²) < 4.78 is 1.46. The molecule has 6 nitrogen and oxygen atoms in total. The molecule has 3 N–H and O–H groups in total. The van der Waals surface area contributed by atoms with Gasteiger partial charge in [-0.3, -0.25) is 0 Å². The van der Waals surface area contributed by atoms with Crippen LogP contribution in [-0.2, 0) is 52.3 Å². The summed E-state index contributed by atoms with van der Waals surface area (Å²) in [6, 6.07) is 0. The van der Waals surface area contributed by atoms with Crippen molar-refractivity contribution in [3.05, 3.63) is 0 Å². The minimum atomic E-state index is -0.908.